The van der Waals surface area contributed by atoms with Gasteiger partial charge >= 0.3 is 11.9 Å². The highest BCUT2D eigenvalue weighted by Gasteiger charge is 2.02. The standard InChI is InChI=1S/C13H13NOS.C4H4O4/c14-9-10-4-1-2-7-13(10)16-12-6-3-5-11(15)8-12;5-3(6)1-2-4(7)8/h1-8,15H,9,14H2;1-2H,(H,5,6)(H,7,8)/b;2-1-. The van der Waals surface area contributed by atoms with Crippen LogP contribution in [0, 0.1) is 0 Å². The van der Waals surface area contributed by atoms with Gasteiger partial charge in [0.15, 0.2) is 0 Å². The van der Waals surface area contributed by atoms with E-state index in [1.807, 2.05) is 36.4 Å². The van der Waals surface area contributed by atoms with Crippen LogP contribution in [0.3, 0.4) is 0 Å². The van der Waals surface area contributed by atoms with Crippen molar-refractivity contribution in [3.63, 3.8) is 0 Å². The van der Waals surface area contributed by atoms with Crippen LogP contribution in [0.2, 0.25) is 0 Å². The Kier molecular flexibility index (Phi) is 8.10. The van der Waals surface area contributed by atoms with E-state index in [9.17, 15) is 14.7 Å². The van der Waals surface area contributed by atoms with E-state index in [0.717, 1.165) is 15.4 Å². The van der Waals surface area contributed by atoms with E-state index in [0.29, 0.717) is 18.7 Å². The van der Waals surface area contributed by atoms with E-state index in [1.165, 1.54) is 0 Å². The van der Waals surface area contributed by atoms with Crippen molar-refractivity contribution in [2.24, 2.45) is 5.73 Å². The molecule has 5 N–H and O–H groups in total. The molecule has 0 fully saturated rings. The van der Waals surface area contributed by atoms with Crippen LogP contribution < -0.4 is 5.73 Å². The fourth-order valence-corrected chi connectivity index (χ4v) is 2.60. The van der Waals surface area contributed by atoms with Crippen LogP contribution in [0.15, 0.2) is 70.5 Å². The first-order chi connectivity index (χ1) is 11.4. The number of carbonyl (C=O) groups is 2. The summed E-state index contributed by atoms with van der Waals surface area (Å²) in [6, 6.07) is 15.2. The molecule has 0 radical (unpaired) electrons. The van der Waals surface area contributed by atoms with Crippen molar-refractivity contribution in [2.45, 2.75) is 16.3 Å². The molecule has 2 rings (SSSR count). The van der Waals surface area contributed by atoms with Crippen LogP contribution in [0.1, 0.15) is 5.56 Å². The summed E-state index contributed by atoms with van der Waals surface area (Å²) in [5.74, 6) is -2.23. The van der Waals surface area contributed by atoms with Gasteiger partial charge < -0.3 is 21.1 Å². The van der Waals surface area contributed by atoms with E-state index >= 15 is 0 Å². The molecule has 2 aromatic carbocycles. The van der Waals surface area contributed by atoms with Crippen molar-refractivity contribution in [1.29, 1.82) is 0 Å². The maximum atomic E-state index is 9.55. The van der Waals surface area contributed by atoms with Gasteiger partial charge in [0, 0.05) is 28.5 Å². The van der Waals surface area contributed by atoms with Gasteiger partial charge in [-0.25, -0.2) is 9.59 Å². The first-order valence-electron chi connectivity index (χ1n) is 6.81. The highest BCUT2D eigenvalue weighted by molar-refractivity contribution is 7.99. The second kappa shape index (κ2) is 10.1. The molecule has 24 heavy (non-hydrogen) atoms. The lowest BCUT2D eigenvalue weighted by atomic mass is 10.2. The third-order valence-corrected chi connectivity index (χ3v) is 3.71. The fourth-order valence-electron chi connectivity index (χ4n) is 1.59. The lowest BCUT2D eigenvalue weighted by molar-refractivity contribution is -0.134. The average Bonchev–Trinajstić information content (AvgIpc) is 2.54. The minimum absolute atomic E-state index is 0.287. The number of aromatic hydroxyl groups is 1. The van der Waals surface area contributed by atoms with Gasteiger partial charge in [-0.05, 0) is 29.8 Å². The van der Waals surface area contributed by atoms with E-state index in [1.54, 1.807) is 23.9 Å². The Morgan fingerprint density at radius 3 is 2.17 bits per heavy atom. The Morgan fingerprint density at radius 2 is 1.62 bits per heavy atom. The molecule has 0 saturated heterocycles. The quantitative estimate of drug-likeness (QED) is 0.614. The number of hydrogen-bond donors (Lipinski definition) is 4. The Morgan fingerprint density at radius 1 is 1.00 bits per heavy atom. The number of benzene rings is 2. The highest BCUT2D eigenvalue weighted by Crippen LogP contribution is 2.31. The van der Waals surface area contributed by atoms with Crippen molar-refractivity contribution in [1.82, 2.24) is 0 Å². The minimum Gasteiger partial charge on any atom is -0.508 e. The van der Waals surface area contributed by atoms with Crippen molar-refractivity contribution in [3.8, 4) is 5.75 Å². The Bertz CT molecular complexity index is 714. The van der Waals surface area contributed by atoms with Crippen molar-refractivity contribution in [3.05, 3.63) is 66.2 Å². The summed E-state index contributed by atoms with van der Waals surface area (Å²) in [6.07, 6.45) is 1.12. The largest absolute Gasteiger partial charge is 0.508 e. The third kappa shape index (κ3) is 7.48. The maximum absolute atomic E-state index is 9.55. The van der Waals surface area contributed by atoms with Crippen molar-refractivity contribution in [2.75, 3.05) is 0 Å². The second-order valence-electron chi connectivity index (χ2n) is 4.42. The SMILES string of the molecule is NCc1ccccc1Sc1cccc(O)c1.O=C(O)/C=C\C(=O)O. The minimum atomic E-state index is -1.26. The van der Waals surface area contributed by atoms with Crippen LogP contribution in [0.5, 0.6) is 5.75 Å². The second-order valence-corrected chi connectivity index (χ2v) is 5.54. The van der Waals surface area contributed by atoms with Gasteiger partial charge in [-0.3, -0.25) is 0 Å². The molecule has 0 spiro atoms. The number of rotatable bonds is 5. The first kappa shape index (κ1) is 19.3. The summed E-state index contributed by atoms with van der Waals surface area (Å²) < 4.78 is 0. The molecule has 0 unspecified atom stereocenters. The number of carboxylic acids is 2. The van der Waals surface area contributed by atoms with Crippen LogP contribution in [-0.4, -0.2) is 27.3 Å². The van der Waals surface area contributed by atoms with Crippen molar-refractivity contribution < 1.29 is 24.9 Å². The number of hydrogen-bond acceptors (Lipinski definition) is 5. The molecule has 0 saturated carbocycles. The smallest absolute Gasteiger partial charge is 0.328 e. The van der Waals surface area contributed by atoms with Gasteiger partial charge in [-0.1, -0.05) is 36.0 Å². The van der Waals surface area contributed by atoms with Gasteiger partial charge in [0.2, 0.25) is 0 Å². The Labute approximate surface area is 143 Å². The van der Waals surface area contributed by atoms with E-state index in [4.69, 9.17) is 15.9 Å². The molecular formula is C17H17NO5S. The molecule has 0 heterocycles. The molecule has 7 heteroatoms. The summed E-state index contributed by atoms with van der Waals surface area (Å²) in [5, 5.41) is 25.0. The van der Waals surface area contributed by atoms with Gasteiger partial charge in [0.05, 0.1) is 0 Å². The topological polar surface area (TPSA) is 121 Å². The van der Waals surface area contributed by atoms with Gasteiger partial charge in [0.1, 0.15) is 5.75 Å². The number of nitrogens with two attached hydrogens (primary N) is 1. The van der Waals surface area contributed by atoms with Gasteiger partial charge in [-0.15, -0.1) is 0 Å². The van der Waals surface area contributed by atoms with Crippen molar-refractivity contribution >= 4 is 23.7 Å². The number of carboxylic acid groups (broad SMARTS) is 2. The summed E-state index contributed by atoms with van der Waals surface area (Å²) in [6.45, 7) is 0.530. The monoisotopic (exact) mass is 347 g/mol. The van der Waals surface area contributed by atoms with E-state index in [-0.39, 0.29) is 5.75 Å². The molecule has 2 aromatic rings. The fraction of sp³-hybridized carbons (Fsp3) is 0.0588. The molecular weight excluding hydrogens is 330 g/mol. The molecule has 0 atom stereocenters. The maximum Gasteiger partial charge on any atom is 0.328 e. The summed E-state index contributed by atoms with van der Waals surface area (Å²) in [4.78, 5) is 21.3. The summed E-state index contributed by atoms with van der Waals surface area (Å²) in [7, 11) is 0. The highest BCUT2D eigenvalue weighted by atomic mass is 32.2. The first-order valence-corrected chi connectivity index (χ1v) is 7.63. The molecule has 0 aliphatic carbocycles. The molecule has 0 aliphatic rings. The predicted octanol–water partition coefficient (Wildman–Crippen LogP) is 2.71. The summed E-state index contributed by atoms with van der Waals surface area (Å²) in [5.41, 5.74) is 6.79. The number of phenolic OH excluding ortho intramolecular Hbond substituents is 1. The number of aliphatic carboxylic acids is 2. The van der Waals surface area contributed by atoms with Crippen LogP contribution in [0.25, 0.3) is 0 Å². The molecule has 0 aromatic heterocycles. The zero-order chi connectivity index (χ0) is 17.9. The zero-order valence-corrected chi connectivity index (χ0v) is 13.4. The van der Waals surface area contributed by atoms with Gasteiger partial charge in [-0.2, -0.15) is 0 Å². The lowest BCUT2D eigenvalue weighted by Crippen LogP contribution is -1.97. The van der Waals surface area contributed by atoms with Gasteiger partial charge in [0.25, 0.3) is 0 Å². The Hall–Kier alpha value is -2.77. The van der Waals surface area contributed by atoms with Crippen LogP contribution in [-0.2, 0) is 16.1 Å². The predicted molar refractivity (Wildman–Crippen MR) is 91.0 cm³/mol. The zero-order valence-electron chi connectivity index (χ0n) is 12.6. The van der Waals surface area contributed by atoms with E-state index in [2.05, 4.69) is 0 Å². The molecule has 0 aliphatic heterocycles. The number of phenols is 1. The molecule has 0 bridgehead atoms. The average molecular weight is 347 g/mol. The Balaban J connectivity index is 0.000000307. The summed E-state index contributed by atoms with van der Waals surface area (Å²) >= 11 is 1.61. The normalized spacial score (nSPS) is 10.0. The molecule has 126 valence electrons. The molecule has 6 nitrogen and oxygen atoms in total. The van der Waals surface area contributed by atoms with E-state index < -0.39 is 11.9 Å². The lowest BCUT2D eigenvalue weighted by Gasteiger charge is -2.07. The van der Waals surface area contributed by atoms with Crippen LogP contribution >= 0.6 is 11.8 Å². The molecule has 0 amide bonds. The van der Waals surface area contributed by atoms with Crippen LogP contribution in [0.4, 0.5) is 0 Å². The third-order valence-electron chi connectivity index (χ3n) is 2.61.